The number of hydrogen-bond acceptors (Lipinski definition) is 6. The van der Waals surface area contributed by atoms with Crippen LogP contribution in [-0.2, 0) is 9.47 Å². The summed E-state index contributed by atoms with van der Waals surface area (Å²) < 4.78 is 9.76. The smallest absolute Gasteiger partial charge is 0.433 e. The zero-order valence-electron chi connectivity index (χ0n) is 15.3. The molecule has 0 aliphatic carbocycles. The highest BCUT2D eigenvalue weighted by Crippen LogP contribution is 2.13. The van der Waals surface area contributed by atoms with Crippen LogP contribution in [0.1, 0.15) is 37.6 Å². The van der Waals surface area contributed by atoms with E-state index in [0.717, 1.165) is 11.4 Å². The molecule has 1 aromatic rings. The Kier molecular flexibility index (Phi) is 9.30. The lowest BCUT2D eigenvalue weighted by atomic mass is 10.1. The predicted octanol–water partition coefficient (Wildman–Crippen LogP) is 2.83. The quantitative estimate of drug-likeness (QED) is 0.319. The van der Waals surface area contributed by atoms with Crippen LogP contribution in [0.4, 0.5) is 9.59 Å². The average molecular weight is 363 g/mol. The maximum absolute atomic E-state index is 12.9. The van der Waals surface area contributed by atoms with E-state index < -0.39 is 18.0 Å². The molecule has 0 fully saturated rings. The number of amides is 2. The summed E-state index contributed by atoms with van der Waals surface area (Å²) >= 11 is 0. The van der Waals surface area contributed by atoms with Gasteiger partial charge in [-0.1, -0.05) is 37.3 Å². The molecule has 0 radical (unpaired) electrons. The summed E-state index contributed by atoms with van der Waals surface area (Å²) in [5.41, 5.74) is 2.52. The van der Waals surface area contributed by atoms with Gasteiger partial charge in [0, 0.05) is 18.3 Å². The van der Waals surface area contributed by atoms with Crippen molar-refractivity contribution in [1.29, 1.82) is 0 Å². The van der Waals surface area contributed by atoms with E-state index in [4.69, 9.17) is 9.47 Å². The van der Waals surface area contributed by atoms with Crippen LogP contribution in [0.25, 0.3) is 0 Å². The van der Waals surface area contributed by atoms with Gasteiger partial charge < -0.3 is 14.8 Å². The highest BCUT2D eigenvalue weighted by Gasteiger charge is 2.28. The summed E-state index contributed by atoms with van der Waals surface area (Å²) in [7, 11) is 0. The molecule has 0 bridgehead atoms. The van der Waals surface area contributed by atoms with E-state index in [1.807, 2.05) is 6.92 Å². The minimum atomic E-state index is -0.894. The second-order valence-corrected chi connectivity index (χ2v) is 5.05. The Labute approximate surface area is 153 Å². The summed E-state index contributed by atoms with van der Waals surface area (Å²) in [5.74, 6) is -0.459. The maximum atomic E-state index is 12.9. The first-order valence-electron chi connectivity index (χ1n) is 8.48. The fraction of sp³-hybridized carbons (Fsp3) is 0.389. The molecule has 8 nitrogen and oxygen atoms in total. The van der Waals surface area contributed by atoms with Crippen molar-refractivity contribution < 1.29 is 23.9 Å². The Balaban J connectivity index is 3.22. The van der Waals surface area contributed by atoms with E-state index >= 15 is 0 Å². The van der Waals surface area contributed by atoms with Gasteiger partial charge in [0.25, 0.3) is 0 Å². The van der Waals surface area contributed by atoms with Crippen molar-refractivity contribution in [3.63, 3.8) is 0 Å². The molecule has 1 aromatic carbocycles. The molecular formula is C18H25N3O5. The first kappa shape index (κ1) is 21.0. The predicted molar refractivity (Wildman–Crippen MR) is 96.2 cm³/mol. The van der Waals surface area contributed by atoms with Gasteiger partial charge in [0.15, 0.2) is 0 Å². The van der Waals surface area contributed by atoms with Gasteiger partial charge in [0.2, 0.25) is 5.78 Å². The first-order chi connectivity index (χ1) is 12.5. The van der Waals surface area contributed by atoms with Gasteiger partial charge in [-0.15, -0.1) is 0 Å². The van der Waals surface area contributed by atoms with Crippen molar-refractivity contribution in [2.24, 2.45) is 0 Å². The van der Waals surface area contributed by atoms with Crippen LogP contribution < -0.4 is 10.7 Å². The molecule has 2 N–H and O–H groups in total. The fourth-order valence-electron chi connectivity index (χ4n) is 1.93. The molecule has 0 aliphatic heterocycles. The molecule has 0 spiro atoms. The van der Waals surface area contributed by atoms with Crippen molar-refractivity contribution in [3.05, 3.63) is 47.8 Å². The largest absolute Gasteiger partial charge is 0.449 e. The average Bonchev–Trinajstić information content (AvgIpc) is 2.64. The van der Waals surface area contributed by atoms with Gasteiger partial charge in [0.1, 0.15) is 5.70 Å². The zero-order valence-corrected chi connectivity index (χ0v) is 15.3. The number of nitrogens with zero attached hydrogens (tertiary/aromatic N) is 1. The SMILES string of the molecule is CCCN/C=C(\C(=O)c1ccccc1)N(NC(=O)OCC)C(=O)OCC. The van der Waals surface area contributed by atoms with E-state index in [0.29, 0.717) is 12.1 Å². The van der Waals surface area contributed by atoms with Gasteiger partial charge in [-0.25, -0.2) is 15.0 Å². The van der Waals surface area contributed by atoms with Gasteiger partial charge >= 0.3 is 12.2 Å². The number of rotatable bonds is 8. The minimum Gasteiger partial charge on any atom is -0.449 e. The summed E-state index contributed by atoms with van der Waals surface area (Å²) in [4.78, 5) is 37.0. The molecule has 142 valence electrons. The van der Waals surface area contributed by atoms with Gasteiger partial charge in [0.05, 0.1) is 13.2 Å². The summed E-state index contributed by atoms with van der Waals surface area (Å²) in [6.45, 7) is 5.99. The lowest BCUT2D eigenvalue weighted by molar-refractivity contribution is 0.0785. The summed E-state index contributed by atoms with van der Waals surface area (Å²) in [6.07, 6.45) is 0.424. The second kappa shape index (κ2) is 11.5. The molecule has 2 amide bonds. The molecular weight excluding hydrogens is 338 g/mol. The first-order valence-corrected chi connectivity index (χ1v) is 8.48. The van der Waals surface area contributed by atoms with E-state index in [1.165, 1.54) is 6.20 Å². The number of allylic oxidation sites excluding steroid dienone is 1. The standard InChI is InChI=1S/C18H25N3O5/c1-4-12-19-13-15(16(22)14-10-8-7-9-11-14)21(18(24)26-6-3)20-17(23)25-5-2/h7-11,13,19H,4-6,12H2,1-3H3,(H,20,23)/b15-13+. The van der Waals surface area contributed by atoms with E-state index in [9.17, 15) is 14.4 Å². The third kappa shape index (κ3) is 6.46. The van der Waals surface area contributed by atoms with Crippen molar-refractivity contribution in [1.82, 2.24) is 15.8 Å². The van der Waals surface area contributed by atoms with E-state index in [1.54, 1.807) is 44.2 Å². The van der Waals surface area contributed by atoms with Crippen LogP contribution in [0.15, 0.2) is 42.2 Å². The molecule has 0 saturated carbocycles. The van der Waals surface area contributed by atoms with E-state index in [2.05, 4.69) is 10.7 Å². The monoisotopic (exact) mass is 363 g/mol. The minimum absolute atomic E-state index is 0.0784. The van der Waals surface area contributed by atoms with Crippen molar-refractivity contribution in [2.75, 3.05) is 19.8 Å². The molecule has 0 aliphatic rings. The van der Waals surface area contributed by atoms with Crippen LogP contribution >= 0.6 is 0 Å². The molecule has 0 unspecified atom stereocenters. The molecule has 26 heavy (non-hydrogen) atoms. The number of ether oxygens (including phenoxy) is 2. The Morgan fingerprint density at radius 3 is 2.27 bits per heavy atom. The normalized spacial score (nSPS) is 10.7. The van der Waals surface area contributed by atoms with E-state index in [-0.39, 0.29) is 18.9 Å². The highest BCUT2D eigenvalue weighted by molar-refractivity contribution is 6.09. The third-order valence-electron chi connectivity index (χ3n) is 3.07. The molecule has 1 rings (SSSR count). The van der Waals surface area contributed by atoms with Crippen LogP contribution in [0.3, 0.4) is 0 Å². The molecule has 0 aromatic heterocycles. The molecule has 0 saturated heterocycles. The maximum Gasteiger partial charge on any atom is 0.433 e. The fourth-order valence-corrected chi connectivity index (χ4v) is 1.93. The number of hydrogen-bond donors (Lipinski definition) is 2. The van der Waals surface area contributed by atoms with Crippen LogP contribution in [-0.4, -0.2) is 42.7 Å². The number of ketones is 1. The van der Waals surface area contributed by atoms with Crippen molar-refractivity contribution in [2.45, 2.75) is 27.2 Å². The zero-order chi connectivity index (χ0) is 19.4. The van der Waals surface area contributed by atoms with Crippen LogP contribution in [0.2, 0.25) is 0 Å². The lowest BCUT2D eigenvalue weighted by Gasteiger charge is -2.24. The molecule has 8 heteroatoms. The van der Waals surface area contributed by atoms with Gasteiger partial charge in [-0.2, -0.15) is 5.01 Å². The lowest BCUT2D eigenvalue weighted by Crippen LogP contribution is -2.48. The number of carbonyl (C=O) groups excluding carboxylic acids is 3. The Morgan fingerprint density at radius 2 is 1.69 bits per heavy atom. The topological polar surface area (TPSA) is 97.0 Å². The number of nitrogens with one attached hydrogen (secondary N) is 2. The summed E-state index contributed by atoms with van der Waals surface area (Å²) in [5, 5.41) is 3.69. The Hall–Kier alpha value is -3.03. The molecule has 0 heterocycles. The van der Waals surface area contributed by atoms with Crippen LogP contribution in [0, 0.1) is 0 Å². The number of carbonyl (C=O) groups is 3. The van der Waals surface area contributed by atoms with Gasteiger partial charge in [-0.05, 0) is 20.3 Å². The molecule has 0 atom stereocenters. The Bertz CT molecular complexity index is 631. The second-order valence-electron chi connectivity index (χ2n) is 5.05. The van der Waals surface area contributed by atoms with Gasteiger partial charge in [-0.3, -0.25) is 4.79 Å². The summed E-state index contributed by atoms with van der Waals surface area (Å²) in [6, 6.07) is 8.42. The number of Topliss-reactive ketones (excluding diaryl/α,β-unsaturated/α-hetero) is 1. The van der Waals surface area contributed by atoms with Crippen LogP contribution in [0.5, 0.6) is 0 Å². The van der Waals surface area contributed by atoms with Crippen molar-refractivity contribution in [3.8, 4) is 0 Å². The number of hydrazine groups is 1. The number of benzene rings is 1. The van der Waals surface area contributed by atoms with Crippen molar-refractivity contribution >= 4 is 18.0 Å². The highest BCUT2D eigenvalue weighted by atomic mass is 16.6. The third-order valence-corrected chi connectivity index (χ3v) is 3.07. The Morgan fingerprint density at radius 1 is 1.04 bits per heavy atom.